The van der Waals surface area contributed by atoms with E-state index in [1.54, 1.807) is 0 Å². The van der Waals surface area contributed by atoms with E-state index in [-0.39, 0.29) is 5.41 Å². The van der Waals surface area contributed by atoms with E-state index in [4.69, 9.17) is 10.3 Å². The van der Waals surface area contributed by atoms with Gasteiger partial charge in [-0.25, -0.2) is 0 Å². The molecule has 0 spiro atoms. The molecule has 0 bridgehead atoms. The van der Waals surface area contributed by atoms with E-state index in [1.807, 2.05) is 0 Å². The fourth-order valence-corrected chi connectivity index (χ4v) is 3.19. The van der Waals surface area contributed by atoms with E-state index in [0.29, 0.717) is 17.1 Å². The molecule has 120 valence electrons. The molecule has 1 aliphatic carbocycles. The number of aromatic nitrogens is 2. The van der Waals surface area contributed by atoms with Crippen LogP contribution in [0, 0.1) is 11.3 Å². The fraction of sp³-hybridized carbons (Fsp3) is 0.882. The van der Waals surface area contributed by atoms with E-state index < -0.39 is 5.54 Å². The third-order valence-electron chi connectivity index (χ3n) is 4.85. The van der Waals surface area contributed by atoms with Crippen molar-refractivity contribution in [1.82, 2.24) is 10.1 Å². The minimum absolute atomic E-state index is 0.125. The van der Waals surface area contributed by atoms with Crippen molar-refractivity contribution in [2.75, 3.05) is 0 Å². The zero-order chi connectivity index (χ0) is 15.9. The van der Waals surface area contributed by atoms with Gasteiger partial charge in [0.2, 0.25) is 5.89 Å². The molecular weight excluding hydrogens is 262 g/mol. The number of rotatable bonds is 1. The van der Waals surface area contributed by atoms with Crippen LogP contribution in [0.2, 0.25) is 0 Å². The first-order valence-corrected chi connectivity index (χ1v) is 8.16. The second-order valence-corrected chi connectivity index (χ2v) is 8.82. The van der Waals surface area contributed by atoms with Crippen LogP contribution >= 0.6 is 0 Å². The molecule has 4 heteroatoms. The SMILES string of the molecule is CC(C)(C)c1nc(C2(N)CCCC(C(C)(C)C)CC2)no1. The summed E-state index contributed by atoms with van der Waals surface area (Å²) < 4.78 is 5.44. The molecule has 1 aromatic heterocycles. The van der Waals surface area contributed by atoms with E-state index in [0.717, 1.165) is 31.6 Å². The molecule has 2 atom stereocenters. The predicted molar refractivity (Wildman–Crippen MR) is 84.9 cm³/mol. The van der Waals surface area contributed by atoms with Crippen molar-refractivity contribution >= 4 is 0 Å². The monoisotopic (exact) mass is 293 g/mol. The highest BCUT2D eigenvalue weighted by Crippen LogP contribution is 2.41. The molecule has 2 unspecified atom stereocenters. The molecule has 4 nitrogen and oxygen atoms in total. The zero-order valence-corrected chi connectivity index (χ0v) is 14.5. The molecule has 0 amide bonds. The van der Waals surface area contributed by atoms with Gasteiger partial charge in [-0.15, -0.1) is 0 Å². The fourth-order valence-electron chi connectivity index (χ4n) is 3.19. The Morgan fingerprint density at radius 1 is 1.10 bits per heavy atom. The van der Waals surface area contributed by atoms with Gasteiger partial charge in [-0.05, 0) is 37.0 Å². The van der Waals surface area contributed by atoms with Gasteiger partial charge in [-0.3, -0.25) is 0 Å². The van der Waals surface area contributed by atoms with Crippen molar-refractivity contribution < 1.29 is 4.52 Å². The summed E-state index contributed by atoms with van der Waals surface area (Å²) in [6.45, 7) is 13.2. The minimum Gasteiger partial charge on any atom is -0.339 e. The zero-order valence-electron chi connectivity index (χ0n) is 14.5. The van der Waals surface area contributed by atoms with Crippen molar-refractivity contribution in [3.05, 3.63) is 11.7 Å². The van der Waals surface area contributed by atoms with Crippen molar-refractivity contribution in [2.45, 2.75) is 84.6 Å². The third kappa shape index (κ3) is 3.65. The maximum absolute atomic E-state index is 6.66. The Balaban J connectivity index is 2.17. The highest BCUT2D eigenvalue weighted by molar-refractivity contribution is 5.08. The largest absolute Gasteiger partial charge is 0.339 e. The van der Waals surface area contributed by atoms with Gasteiger partial charge in [0.1, 0.15) is 0 Å². The summed E-state index contributed by atoms with van der Waals surface area (Å²) in [5, 5.41) is 4.20. The highest BCUT2D eigenvalue weighted by atomic mass is 16.5. The van der Waals surface area contributed by atoms with Gasteiger partial charge >= 0.3 is 0 Å². The summed E-state index contributed by atoms with van der Waals surface area (Å²) in [6, 6.07) is 0. The van der Waals surface area contributed by atoms with Crippen molar-refractivity contribution in [3.63, 3.8) is 0 Å². The van der Waals surface area contributed by atoms with Gasteiger partial charge in [0.25, 0.3) is 0 Å². The minimum atomic E-state index is -0.424. The van der Waals surface area contributed by atoms with E-state index >= 15 is 0 Å². The van der Waals surface area contributed by atoms with Crippen LogP contribution in [0.1, 0.15) is 85.4 Å². The van der Waals surface area contributed by atoms with E-state index in [9.17, 15) is 0 Å². The maximum atomic E-state index is 6.66. The summed E-state index contributed by atoms with van der Waals surface area (Å²) in [7, 11) is 0. The summed E-state index contributed by atoms with van der Waals surface area (Å²) in [5.74, 6) is 2.10. The first kappa shape index (κ1) is 16.5. The average molecular weight is 293 g/mol. The molecule has 0 aliphatic heterocycles. The Labute approximate surface area is 128 Å². The summed E-state index contributed by atoms with van der Waals surface area (Å²) in [5.41, 5.74) is 6.46. The lowest BCUT2D eigenvalue weighted by Gasteiger charge is -2.30. The Morgan fingerprint density at radius 3 is 2.29 bits per heavy atom. The molecule has 0 radical (unpaired) electrons. The first-order valence-electron chi connectivity index (χ1n) is 8.16. The molecule has 1 saturated carbocycles. The first-order chi connectivity index (χ1) is 9.52. The van der Waals surface area contributed by atoms with Crippen molar-refractivity contribution in [3.8, 4) is 0 Å². The van der Waals surface area contributed by atoms with Crippen LogP contribution in [-0.2, 0) is 11.0 Å². The Kier molecular flexibility index (Phi) is 4.22. The van der Waals surface area contributed by atoms with Crippen LogP contribution < -0.4 is 5.73 Å². The molecule has 0 aromatic carbocycles. The Bertz CT molecular complexity index is 481. The standard InChI is InChI=1S/C17H31N3O/c1-15(2,3)12-8-7-10-17(18,11-9-12)13-19-14(21-20-13)16(4,5)6/h12H,7-11,18H2,1-6H3. The molecule has 2 N–H and O–H groups in total. The predicted octanol–water partition coefficient (Wildman–Crippen LogP) is 4.15. The second-order valence-electron chi connectivity index (χ2n) is 8.82. The molecule has 1 aliphatic rings. The number of nitrogens with two attached hydrogens (primary N) is 1. The number of hydrogen-bond acceptors (Lipinski definition) is 4. The van der Waals surface area contributed by atoms with Crippen molar-refractivity contribution in [1.29, 1.82) is 0 Å². The molecule has 21 heavy (non-hydrogen) atoms. The quantitative estimate of drug-likeness (QED) is 0.790. The Morgan fingerprint density at radius 2 is 1.76 bits per heavy atom. The summed E-state index contributed by atoms with van der Waals surface area (Å²) in [6.07, 6.45) is 5.41. The van der Waals surface area contributed by atoms with Gasteiger partial charge in [0.15, 0.2) is 5.82 Å². The van der Waals surface area contributed by atoms with Gasteiger partial charge in [0, 0.05) is 5.41 Å². The topological polar surface area (TPSA) is 64.9 Å². The maximum Gasteiger partial charge on any atom is 0.232 e. The van der Waals surface area contributed by atoms with Crippen molar-refractivity contribution in [2.24, 2.45) is 17.1 Å². The van der Waals surface area contributed by atoms with Crippen LogP contribution in [0.5, 0.6) is 0 Å². The number of nitrogens with zero attached hydrogens (tertiary/aromatic N) is 2. The highest BCUT2D eigenvalue weighted by Gasteiger charge is 2.38. The number of hydrogen-bond donors (Lipinski definition) is 1. The molecule has 1 fully saturated rings. The van der Waals surface area contributed by atoms with Crippen LogP contribution in [0.4, 0.5) is 0 Å². The second kappa shape index (κ2) is 5.38. The lowest BCUT2D eigenvalue weighted by Crippen LogP contribution is -2.37. The van der Waals surface area contributed by atoms with Gasteiger partial charge in [-0.2, -0.15) is 4.98 Å². The smallest absolute Gasteiger partial charge is 0.232 e. The van der Waals surface area contributed by atoms with Crippen LogP contribution in [0.25, 0.3) is 0 Å². The molecule has 0 saturated heterocycles. The van der Waals surface area contributed by atoms with Gasteiger partial charge < -0.3 is 10.3 Å². The van der Waals surface area contributed by atoms with Crippen LogP contribution in [0.3, 0.4) is 0 Å². The van der Waals surface area contributed by atoms with E-state index in [1.165, 1.54) is 6.42 Å². The normalized spacial score (nSPS) is 28.4. The third-order valence-corrected chi connectivity index (χ3v) is 4.85. The molecule has 1 aromatic rings. The van der Waals surface area contributed by atoms with Gasteiger partial charge in [0.05, 0.1) is 5.54 Å². The summed E-state index contributed by atoms with van der Waals surface area (Å²) in [4.78, 5) is 4.60. The Hall–Kier alpha value is -0.900. The summed E-state index contributed by atoms with van der Waals surface area (Å²) >= 11 is 0. The van der Waals surface area contributed by atoms with Gasteiger partial charge in [-0.1, -0.05) is 53.1 Å². The van der Waals surface area contributed by atoms with E-state index in [2.05, 4.69) is 51.7 Å². The van der Waals surface area contributed by atoms with Crippen LogP contribution in [-0.4, -0.2) is 10.1 Å². The lowest BCUT2D eigenvalue weighted by molar-refractivity contribution is 0.209. The molecular formula is C17H31N3O. The lowest BCUT2D eigenvalue weighted by atomic mass is 9.76. The molecule has 1 heterocycles. The molecule has 2 rings (SSSR count). The average Bonchev–Trinajstić information content (AvgIpc) is 2.74. The van der Waals surface area contributed by atoms with Crippen LogP contribution in [0.15, 0.2) is 4.52 Å².